The number of amides is 1. The molecule has 6 nitrogen and oxygen atoms in total. The van der Waals surface area contributed by atoms with Crippen LogP contribution in [0.3, 0.4) is 0 Å². The van der Waals surface area contributed by atoms with Crippen LogP contribution in [0.2, 0.25) is 0 Å². The van der Waals surface area contributed by atoms with E-state index in [-0.39, 0.29) is 23.6 Å². The van der Waals surface area contributed by atoms with Crippen LogP contribution in [0.15, 0.2) is 29.3 Å². The van der Waals surface area contributed by atoms with Gasteiger partial charge in [0.15, 0.2) is 0 Å². The minimum atomic E-state index is -0.441. The molecule has 1 N–H and O–H groups in total. The van der Waals surface area contributed by atoms with Gasteiger partial charge in [-0.05, 0) is 13.0 Å². The van der Waals surface area contributed by atoms with Crippen molar-refractivity contribution in [1.29, 1.82) is 0 Å². The highest BCUT2D eigenvalue weighted by Gasteiger charge is 2.20. The summed E-state index contributed by atoms with van der Waals surface area (Å²) in [4.78, 5) is 32.5. The van der Waals surface area contributed by atoms with Crippen molar-refractivity contribution in [3.8, 4) is 0 Å². The summed E-state index contributed by atoms with van der Waals surface area (Å²) in [5.41, 5.74) is 0.669. The zero-order chi connectivity index (χ0) is 18.4. The molecule has 0 aliphatic carbocycles. The van der Waals surface area contributed by atoms with E-state index < -0.39 is 5.97 Å². The second kappa shape index (κ2) is 8.29. The van der Waals surface area contributed by atoms with E-state index in [2.05, 4.69) is 36.1 Å². The molecule has 0 atom stereocenters. The predicted molar refractivity (Wildman–Crippen MR) is 98.6 cm³/mol. The Balaban J connectivity index is 2.12. The number of nitrogens with one attached hydrogen (secondary N) is 1. The van der Waals surface area contributed by atoms with Crippen LogP contribution in [0.4, 0.5) is 0 Å². The van der Waals surface area contributed by atoms with Crippen molar-refractivity contribution in [2.45, 2.75) is 38.1 Å². The van der Waals surface area contributed by atoms with Crippen LogP contribution in [0, 0.1) is 0 Å². The maximum Gasteiger partial charge on any atom is 0.325 e. The number of para-hydroxylation sites is 1. The third-order valence-electron chi connectivity index (χ3n) is 3.31. The van der Waals surface area contributed by atoms with Crippen molar-refractivity contribution in [2.75, 3.05) is 18.9 Å². The van der Waals surface area contributed by atoms with Gasteiger partial charge in [-0.15, -0.1) is 0 Å². The quantitative estimate of drug-likeness (QED) is 0.484. The number of esters is 1. The van der Waals surface area contributed by atoms with Crippen LogP contribution in [-0.4, -0.2) is 40.7 Å². The lowest BCUT2D eigenvalue weighted by atomic mass is 9.95. The van der Waals surface area contributed by atoms with Crippen LogP contribution in [0.25, 0.3) is 10.9 Å². The number of thioether (sulfide) groups is 1. The molecule has 0 spiro atoms. The summed E-state index contributed by atoms with van der Waals surface area (Å²) < 4.78 is 4.78. The molecule has 0 saturated carbocycles. The average Bonchev–Trinajstić information content (AvgIpc) is 2.57. The summed E-state index contributed by atoms with van der Waals surface area (Å²) in [5, 5.41) is 4.23. The number of nitrogens with zero attached hydrogens (tertiary/aromatic N) is 2. The van der Waals surface area contributed by atoms with Gasteiger partial charge in [0.1, 0.15) is 17.4 Å². The predicted octanol–water partition coefficient (Wildman–Crippen LogP) is 2.70. The lowest BCUT2D eigenvalue weighted by Crippen LogP contribution is -2.31. The number of aromatic nitrogens is 2. The normalized spacial score (nSPS) is 11.4. The molecule has 0 radical (unpaired) electrons. The smallest absolute Gasteiger partial charge is 0.325 e. The number of ether oxygens (including phenoxy) is 1. The van der Waals surface area contributed by atoms with E-state index in [4.69, 9.17) is 4.74 Å². The average molecular weight is 361 g/mol. The molecule has 7 heteroatoms. The standard InChI is InChI=1S/C18H23N3O3S/c1-5-24-15(23)10-19-14(22)11-25-16-12-8-6-7-9-13(12)20-17(21-16)18(2,3)4/h6-9H,5,10-11H2,1-4H3,(H,19,22). The van der Waals surface area contributed by atoms with Gasteiger partial charge in [0, 0.05) is 10.8 Å². The van der Waals surface area contributed by atoms with Crippen LogP contribution < -0.4 is 5.32 Å². The molecule has 0 bridgehead atoms. The Hall–Kier alpha value is -2.15. The van der Waals surface area contributed by atoms with E-state index in [0.717, 1.165) is 21.8 Å². The summed E-state index contributed by atoms with van der Waals surface area (Å²) in [6.45, 7) is 8.06. The van der Waals surface area contributed by atoms with E-state index in [9.17, 15) is 9.59 Å². The first kappa shape index (κ1) is 19.2. The Kier molecular flexibility index (Phi) is 6.36. The van der Waals surface area contributed by atoms with Gasteiger partial charge >= 0.3 is 5.97 Å². The number of rotatable bonds is 6. The van der Waals surface area contributed by atoms with Crippen molar-refractivity contribution in [1.82, 2.24) is 15.3 Å². The highest BCUT2D eigenvalue weighted by molar-refractivity contribution is 8.00. The van der Waals surface area contributed by atoms with Gasteiger partial charge < -0.3 is 10.1 Å². The molecule has 1 heterocycles. The zero-order valence-corrected chi connectivity index (χ0v) is 15.8. The van der Waals surface area contributed by atoms with E-state index in [1.54, 1.807) is 6.92 Å². The zero-order valence-electron chi connectivity index (χ0n) is 15.0. The molecule has 25 heavy (non-hydrogen) atoms. The molecule has 0 fully saturated rings. The molecule has 134 valence electrons. The molecule has 0 aliphatic heterocycles. The molecule has 1 aromatic heterocycles. The van der Waals surface area contributed by atoms with Gasteiger partial charge in [-0.3, -0.25) is 9.59 Å². The minimum absolute atomic E-state index is 0.120. The molecule has 1 amide bonds. The van der Waals surface area contributed by atoms with Gasteiger partial charge in [0.25, 0.3) is 0 Å². The molecule has 2 rings (SSSR count). The number of fused-ring (bicyclic) bond motifs is 1. The van der Waals surface area contributed by atoms with Gasteiger partial charge in [0.2, 0.25) is 5.91 Å². The first-order chi connectivity index (χ1) is 11.8. The molecule has 1 aromatic carbocycles. The Bertz CT molecular complexity index is 772. The highest BCUT2D eigenvalue weighted by atomic mass is 32.2. The third-order valence-corrected chi connectivity index (χ3v) is 4.31. The van der Waals surface area contributed by atoms with Crippen molar-refractivity contribution in [3.05, 3.63) is 30.1 Å². The van der Waals surface area contributed by atoms with Crippen LogP contribution in [-0.2, 0) is 19.7 Å². The highest BCUT2D eigenvalue weighted by Crippen LogP contribution is 2.28. The maximum absolute atomic E-state index is 12.0. The van der Waals surface area contributed by atoms with E-state index in [1.165, 1.54) is 11.8 Å². The van der Waals surface area contributed by atoms with Gasteiger partial charge in [0.05, 0.1) is 17.9 Å². The molecular formula is C18H23N3O3S. The van der Waals surface area contributed by atoms with Crippen molar-refractivity contribution >= 4 is 34.5 Å². The number of hydrogen-bond acceptors (Lipinski definition) is 6. The lowest BCUT2D eigenvalue weighted by Gasteiger charge is -2.18. The molecule has 2 aromatic rings. The summed E-state index contributed by atoms with van der Waals surface area (Å²) in [7, 11) is 0. The van der Waals surface area contributed by atoms with Gasteiger partial charge in [-0.2, -0.15) is 0 Å². The first-order valence-corrected chi connectivity index (χ1v) is 9.12. The number of hydrogen-bond donors (Lipinski definition) is 1. The van der Waals surface area contributed by atoms with Crippen LogP contribution in [0.5, 0.6) is 0 Å². The Morgan fingerprint density at radius 2 is 1.92 bits per heavy atom. The second-order valence-corrected chi connectivity index (χ2v) is 7.45. The van der Waals surface area contributed by atoms with Crippen molar-refractivity contribution < 1.29 is 14.3 Å². The number of carbonyl (C=O) groups excluding carboxylic acids is 2. The summed E-state index contributed by atoms with van der Waals surface area (Å²) >= 11 is 1.34. The molecule has 0 unspecified atom stereocenters. The minimum Gasteiger partial charge on any atom is -0.465 e. The van der Waals surface area contributed by atoms with E-state index in [1.807, 2.05) is 24.3 Å². The fourth-order valence-corrected chi connectivity index (χ4v) is 2.91. The maximum atomic E-state index is 12.0. The fourth-order valence-electron chi connectivity index (χ4n) is 2.06. The van der Waals surface area contributed by atoms with E-state index >= 15 is 0 Å². The number of benzene rings is 1. The Morgan fingerprint density at radius 1 is 1.20 bits per heavy atom. The van der Waals surface area contributed by atoms with Gasteiger partial charge in [-0.25, -0.2) is 9.97 Å². The summed E-state index contributed by atoms with van der Waals surface area (Å²) in [5.74, 6) is 0.228. The molecule has 0 aliphatic rings. The van der Waals surface area contributed by atoms with Crippen LogP contribution in [0.1, 0.15) is 33.5 Å². The lowest BCUT2D eigenvalue weighted by molar-refractivity contribution is -0.143. The second-order valence-electron chi connectivity index (χ2n) is 6.49. The van der Waals surface area contributed by atoms with Gasteiger partial charge in [-0.1, -0.05) is 50.7 Å². The first-order valence-electron chi connectivity index (χ1n) is 8.13. The molecular weight excluding hydrogens is 338 g/mol. The third kappa shape index (κ3) is 5.42. The topological polar surface area (TPSA) is 81.2 Å². The Labute approximate surface area is 151 Å². The SMILES string of the molecule is CCOC(=O)CNC(=O)CSc1nc(C(C)(C)C)nc2ccccc12. The Morgan fingerprint density at radius 3 is 2.60 bits per heavy atom. The van der Waals surface area contributed by atoms with E-state index in [0.29, 0.717) is 6.61 Å². The largest absolute Gasteiger partial charge is 0.465 e. The summed E-state index contributed by atoms with van der Waals surface area (Å²) in [6, 6.07) is 7.74. The summed E-state index contributed by atoms with van der Waals surface area (Å²) in [6.07, 6.45) is 0. The fraction of sp³-hybridized carbons (Fsp3) is 0.444. The van der Waals surface area contributed by atoms with Crippen LogP contribution >= 0.6 is 11.8 Å². The molecule has 0 saturated heterocycles. The monoisotopic (exact) mass is 361 g/mol. The van der Waals surface area contributed by atoms with Crippen molar-refractivity contribution in [3.63, 3.8) is 0 Å². The van der Waals surface area contributed by atoms with Crippen molar-refractivity contribution in [2.24, 2.45) is 0 Å². The number of carbonyl (C=O) groups is 2.